The Kier molecular flexibility index (Phi) is 6.26. The molecular weight excluding hydrogens is 354 g/mol. The Labute approximate surface area is 161 Å². The zero-order chi connectivity index (χ0) is 19.7. The second-order valence-corrected chi connectivity index (χ2v) is 9.43. The Bertz CT molecular complexity index is 563. The van der Waals surface area contributed by atoms with Gasteiger partial charge in [0.2, 0.25) is 17.7 Å². The molecule has 1 unspecified atom stereocenters. The molecule has 2 aliphatic rings. The number of nitrogens with one attached hydrogen (secondary N) is 1. The van der Waals surface area contributed by atoms with E-state index in [2.05, 4.69) is 5.32 Å². The van der Waals surface area contributed by atoms with Crippen LogP contribution in [0.2, 0.25) is 0 Å². The highest BCUT2D eigenvalue weighted by Gasteiger charge is 2.41. The number of carbonyl (C=O) groups excluding carboxylic acids is 3. The van der Waals surface area contributed by atoms with Gasteiger partial charge >= 0.3 is 0 Å². The highest BCUT2D eigenvalue weighted by molar-refractivity contribution is 6.19. The molecule has 0 aromatic heterocycles. The van der Waals surface area contributed by atoms with Gasteiger partial charge in [-0.3, -0.25) is 14.4 Å². The fourth-order valence-corrected chi connectivity index (χ4v) is 3.59. The predicted octanol–water partition coefficient (Wildman–Crippen LogP) is 2.01. The van der Waals surface area contributed by atoms with Gasteiger partial charge in [-0.05, 0) is 47.5 Å². The number of likely N-dealkylation sites (tertiary alicyclic amines) is 2. The minimum atomic E-state index is -0.588. The van der Waals surface area contributed by atoms with Crippen molar-refractivity contribution in [3.8, 4) is 0 Å². The maximum Gasteiger partial charge on any atom is 0.227 e. The van der Waals surface area contributed by atoms with E-state index in [-0.39, 0.29) is 41.1 Å². The van der Waals surface area contributed by atoms with Crippen molar-refractivity contribution in [2.45, 2.75) is 65.5 Å². The molecule has 6 nitrogen and oxygen atoms in total. The topological polar surface area (TPSA) is 69.7 Å². The van der Waals surface area contributed by atoms with Crippen molar-refractivity contribution >= 4 is 29.3 Å². The number of hydrogen-bond acceptors (Lipinski definition) is 3. The molecule has 2 rings (SSSR count). The van der Waals surface area contributed by atoms with Crippen LogP contribution in [0, 0.1) is 11.3 Å². The van der Waals surface area contributed by atoms with Gasteiger partial charge in [-0.1, -0.05) is 0 Å². The van der Waals surface area contributed by atoms with Crippen LogP contribution in [0.4, 0.5) is 0 Å². The Morgan fingerprint density at radius 3 is 2.19 bits per heavy atom. The van der Waals surface area contributed by atoms with Gasteiger partial charge in [0.1, 0.15) is 0 Å². The summed E-state index contributed by atoms with van der Waals surface area (Å²) < 4.78 is 0. The summed E-state index contributed by atoms with van der Waals surface area (Å²) in [6, 6.07) is 0.0744. The van der Waals surface area contributed by atoms with Crippen LogP contribution < -0.4 is 5.32 Å². The molecule has 1 N–H and O–H groups in total. The molecule has 0 saturated carbocycles. The van der Waals surface area contributed by atoms with Crippen LogP contribution in [0.15, 0.2) is 0 Å². The van der Waals surface area contributed by atoms with Gasteiger partial charge in [-0.2, -0.15) is 0 Å². The van der Waals surface area contributed by atoms with Crippen LogP contribution in [-0.2, 0) is 14.4 Å². The second kappa shape index (κ2) is 7.75. The number of hydrogen-bond donors (Lipinski definition) is 1. The van der Waals surface area contributed by atoms with E-state index in [4.69, 9.17) is 11.6 Å². The molecule has 2 fully saturated rings. The molecule has 7 heteroatoms. The Morgan fingerprint density at radius 1 is 1.15 bits per heavy atom. The standard InChI is InChI=1S/C19H32ClN3O3/c1-18(2,3)23-11-13(10-15(23)24)16(25)22-8-6-14(7-9-22)21-17(26)19(4,5)12-20/h13-14H,6-12H2,1-5H3,(H,21,26). The number of carbonyl (C=O) groups is 3. The third-order valence-corrected chi connectivity index (χ3v) is 6.04. The van der Waals surface area contributed by atoms with Crippen LogP contribution in [0.1, 0.15) is 53.9 Å². The lowest BCUT2D eigenvalue weighted by molar-refractivity contribution is -0.137. The number of rotatable bonds is 4. The van der Waals surface area contributed by atoms with Crippen molar-refractivity contribution in [2.24, 2.45) is 11.3 Å². The molecule has 0 aliphatic carbocycles. The molecule has 1 atom stereocenters. The first-order valence-corrected chi connectivity index (χ1v) is 9.95. The summed E-state index contributed by atoms with van der Waals surface area (Å²) in [5.74, 6) is 0.107. The largest absolute Gasteiger partial charge is 0.353 e. The van der Waals surface area contributed by atoms with E-state index in [9.17, 15) is 14.4 Å². The number of nitrogens with zero attached hydrogens (tertiary/aromatic N) is 2. The lowest BCUT2D eigenvalue weighted by Gasteiger charge is -2.35. The Morgan fingerprint density at radius 2 is 1.73 bits per heavy atom. The van der Waals surface area contributed by atoms with E-state index in [0.29, 0.717) is 26.1 Å². The molecule has 2 heterocycles. The first-order valence-electron chi connectivity index (χ1n) is 9.42. The van der Waals surface area contributed by atoms with Gasteiger partial charge < -0.3 is 15.1 Å². The molecule has 26 heavy (non-hydrogen) atoms. The fourth-order valence-electron chi connectivity index (χ4n) is 3.46. The summed E-state index contributed by atoms with van der Waals surface area (Å²) in [5.41, 5.74) is -0.840. The van der Waals surface area contributed by atoms with Crippen molar-refractivity contribution in [1.82, 2.24) is 15.1 Å². The summed E-state index contributed by atoms with van der Waals surface area (Å²) in [7, 11) is 0. The SMILES string of the molecule is CC(C)(CCl)C(=O)NC1CCN(C(=O)C2CC(=O)N(C(C)(C)C)C2)CC1. The first kappa shape index (κ1) is 21.0. The normalized spacial score (nSPS) is 22.7. The van der Waals surface area contributed by atoms with Crippen LogP contribution in [0.5, 0.6) is 0 Å². The average molecular weight is 386 g/mol. The molecule has 2 aliphatic heterocycles. The highest BCUT2D eigenvalue weighted by Crippen LogP contribution is 2.28. The second-order valence-electron chi connectivity index (χ2n) is 9.17. The number of alkyl halides is 1. The van der Waals surface area contributed by atoms with Gasteiger partial charge in [-0.15, -0.1) is 11.6 Å². The van der Waals surface area contributed by atoms with Gasteiger partial charge in [-0.25, -0.2) is 0 Å². The zero-order valence-electron chi connectivity index (χ0n) is 16.6. The average Bonchev–Trinajstić information content (AvgIpc) is 2.97. The third kappa shape index (κ3) is 4.70. The molecule has 0 spiro atoms. The van der Waals surface area contributed by atoms with Crippen LogP contribution >= 0.6 is 11.6 Å². The molecule has 148 valence electrons. The van der Waals surface area contributed by atoms with E-state index >= 15 is 0 Å². The van der Waals surface area contributed by atoms with Gasteiger partial charge in [0, 0.05) is 43.5 Å². The molecule has 0 aromatic carbocycles. The van der Waals surface area contributed by atoms with Crippen molar-refractivity contribution in [1.29, 1.82) is 0 Å². The van der Waals surface area contributed by atoms with Crippen molar-refractivity contribution in [3.05, 3.63) is 0 Å². The monoisotopic (exact) mass is 385 g/mol. The lowest BCUT2D eigenvalue weighted by Crippen LogP contribution is -2.51. The maximum atomic E-state index is 12.8. The van der Waals surface area contributed by atoms with Crippen molar-refractivity contribution < 1.29 is 14.4 Å². The van der Waals surface area contributed by atoms with Gasteiger partial charge in [0.25, 0.3) is 0 Å². The summed E-state index contributed by atoms with van der Waals surface area (Å²) in [6.45, 7) is 11.4. The minimum absolute atomic E-state index is 0.0421. The smallest absolute Gasteiger partial charge is 0.227 e. The quantitative estimate of drug-likeness (QED) is 0.752. The fraction of sp³-hybridized carbons (Fsp3) is 0.842. The summed E-state index contributed by atoms with van der Waals surface area (Å²) >= 11 is 5.85. The van der Waals surface area contributed by atoms with E-state index < -0.39 is 5.41 Å². The van der Waals surface area contributed by atoms with Crippen LogP contribution in [0.25, 0.3) is 0 Å². The van der Waals surface area contributed by atoms with E-state index in [1.54, 1.807) is 4.90 Å². The Hall–Kier alpha value is -1.30. The summed E-state index contributed by atoms with van der Waals surface area (Å²) in [4.78, 5) is 40.9. The van der Waals surface area contributed by atoms with E-state index in [1.807, 2.05) is 39.5 Å². The number of halogens is 1. The highest BCUT2D eigenvalue weighted by atomic mass is 35.5. The molecule has 0 aromatic rings. The number of amides is 3. The zero-order valence-corrected chi connectivity index (χ0v) is 17.4. The first-order chi connectivity index (χ1) is 12.0. The van der Waals surface area contributed by atoms with Crippen LogP contribution in [-0.4, -0.2) is 64.6 Å². The summed E-state index contributed by atoms with van der Waals surface area (Å²) in [5, 5.41) is 3.05. The van der Waals surface area contributed by atoms with Crippen molar-refractivity contribution in [2.75, 3.05) is 25.5 Å². The third-order valence-electron chi connectivity index (χ3n) is 5.37. The molecule has 0 bridgehead atoms. The van der Waals surface area contributed by atoms with E-state index in [1.165, 1.54) is 0 Å². The van der Waals surface area contributed by atoms with Gasteiger partial charge in [0.05, 0.1) is 11.3 Å². The predicted molar refractivity (Wildman–Crippen MR) is 102 cm³/mol. The molecule has 3 amide bonds. The van der Waals surface area contributed by atoms with Gasteiger partial charge in [0.15, 0.2) is 0 Å². The van der Waals surface area contributed by atoms with Crippen molar-refractivity contribution in [3.63, 3.8) is 0 Å². The number of piperidine rings is 1. The Balaban J connectivity index is 1.86. The van der Waals surface area contributed by atoms with Crippen LogP contribution in [0.3, 0.4) is 0 Å². The molecule has 0 radical (unpaired) electrons. The minimum Gasteiger partial charge on any atom is -0.353 e. The lowest BCUT2D eigenvalue weighted by atomic mass is 9.93. The summed E-state index contributed by atoms with van der Waals surface area (Å²) in [6.07, 6.45) is 1.77. The van der Waals surface area contributed by atoms with E-state index in [0.717, 1.165) is 12.8 Å². The molecular formula is C19H32ClN3O3. The maximum absolute atomic E-state index is 12.8. The molecule has 2 saturated heterocycles.